The van der Waals surface area contributed by atoms with Crippen LogP contribution in [-0.4, -0.2) is 72.1 Å². The molecule has 0 spiro atoms. The lowest BCUT2D eigenvalue weighted by Crippen LogP contribution is -2.52. The maximum absolute atomic E-state index is 11.9. The zero-order valence-electron chi connectivity index (χ0n) is 11.0. The Morgan fingerprint density at radius 2 is 1.74 bits per heavy atom. The average molecular weight is 284 g/mol. The highest BCUT2D eigenvalue weighted by atomic mass is 19.4. The molecule has 0 aliphatic carbocycles. The molecule has 112 valence electrons. The molecule has 0 aromatic heterocycles. The third-order valence-electron chi connectivity index (χ3n) is 2.60. The number of carbonyl (C=O) groups excluding carboxylic acids is 1. The normalized spacial score (nSPS) is 18.5. The van der Waals surface area contributed by atoms with Crippen molar-refractivity contribution >= 4 is 6.09 Å². The molecule has 0 saturated carbocycles. The summed E-state index contributed by atoms with van der Waals surface area (Å²) in [6.07, 6.45) is -5.45. The number of piperazine rings is 1. The number of ether oxygens (including phenoxy) is 1. The molecule has 0 bridgehead atoms. The largest absolute Gasteiger partial charge is 0.440 e. The van der Waals surface area contributed by atoms with Gasteiger partial charge in [-0.2, -0.15) is 13.2 Å². The zero-order valence-corrected chi connectivity index (χ0v) is 11.0. The van der Waals surface area contributed by atoms with E-state index in [9.17, 15) is 23.1 Å². The number of carbonyl (C=O) groups is 1. The van der Waals surface area contributed by atoms with E-state index in [2.05, 4.69) is 4.74 Å². The summed E-state index contributed by atoms with van der Waals surface area (Å²) < 4.78 is 39.9. The molecule has 0 radical (unpaired) electrons. The highest BCUT2D eigenvalue weighted by Gasteiger charge is 2.32. The first-order valence-corrected chi connectivity index (χ1v) is 6.00. The van der Waals surface area contributed by atoms with Gasteiger partial charge in [0, 0.05) is 32.7 Å². The van der Waals surface area contributed by atoms with Crippen molar-refractivity contribution in [1.29, 1.82) is 0 Å². The zero-order chi connectivity index (χ0) is 14.7. The quantitative estimate of drug-likeness (QED) is 0.842. The van der Waals surface area contributed by atoms with Gasteiger partial charge in [-0.1, -0.05) is 0 Å². The van der Waals surface area contributed by atoms with E-state index in [0.29, 0.717) is 32.7 Å². The lowest BCUT2D eigenvalue weighted by Gasteiger charge is -2.36. The molecule has 5 nitrogen and oxygen atoms in total. The van der Waals surface area contributed by atoms with Crippen molar-refractivity contribution in [3.05, 3.63) is 0 Å². The SMILES string of the molecule is CC(C)(O)CN1CCN(C(=O)OCC(F)(F)F)CC1. The number of amides is 1. The van der Waals surface area contributed by atoms with Crippen LogP contribution < -0.4 is 0 Å². The predicted octanol–water partition coefficient (Wildman–Crippen LogP) is 1.07. The fraction of sp³-hybridized carbons (Fsp3) is 0.909. The van der Waals surface area contributed by atoms with Crippen LogP contribution in [0.5, 0.6) is 0 Å². The predicted molar refractivity (Wildman–Crippen MR) is 61.7 cm³/mol. The monoisotopic (exact) mass is 284 g/mol. The van der Waals surface area contributed by atoms with Gasteiger partial charge < -0.3 is 14.7 Å². The molecule has 1 heterocycles. The standard InChI is InChI=1S/C11H19F3N2O3/c1-10(2,18)7-15-3-5-16(6-4-15)9(17)19-8-11(12,13)14/h18H,3-8H2,1-2H3. The number of β-amino-alcohol motifs (C(OH)–C–C–N with tert-alkyl or cyclic N) is 1. The second-order valence-corrected chi connectivity index (χ2v) is 5.25. The van der Waals surface area contributed by atoms with Crippen LogP contribution >= 0.6 is 0 Å². The van der Waals surface area contributed by atoms with Crippen LogP contribution in [0.3, 0.4) is 0 Å². The number of alkyl halides is 3. The summed E-state index contributed by atoms with van der Waals surface area (Å²) in [4.78, 5) is 14.6. The number of halogens is 3. The van der Waals surface area contributed by atoms with E-state index in [4.69, 9.17) is 0 Å². The summed E-state index contributed by atoms with van der Waals surface area (Å²) in [6.45, 7) is 3.86. The van der Waals surface area contributed by atoms with Gasteiger partial charge in [0.2, 0.25) is 0 Å². The maximum Gasteiger partial charge on any atom is 0.422 e. The van der Waals surface area contributed by atoms with Crippen molar-refractivity contribution < 1.29 is 27.8 Å². The molecule has 0 aromatic carbocycles. The van der Waals surface area contributed by atoms with Crippen LogP contribution in [0.25, 0.3) is 0 Å². The number of hydrogen-bond donors (Lipinski definition) is 1. The average Bonchev–Trinajstić information content (AvgIpc) is 2.23. The van der Waals surface area contributed by atoms with E-state index in [0.717, 1.165) is 0 Å². The summed E-state index contributed by atoms with van der Waals surface area (Å²) in [5.41, 5.74) is -0.834. The first kappa shape index (κ1) is 16.0. The van der Waals surface area contributed by atoms with Crippen LogP contribution in [0.4, 0.5) is 18.0 Å². The minimum absolute atomic E-state index is 0.298. The Morgan fingerprint density at radius 3 is 2.16 bits per heavy atom. The molecule has 0 unspecified atom stereocenters. The number of hydrogen-bond acceptors (Lipinski definition) is 4. The minimum atomic E-state index is -4.50. The van der Waals surface area contributed by atoms with E-state index in [1.54, 1.807) is 13.8 Å². The van der Waals surface area contributed by atoms with Crippen LogP contribution in [-0.2, 0) is 4.74 Å². The van der Waals surface area contributed by atoms with Crippen LogP contribution in [0.1, 0.15) is 13.8 Å². The Hall–Kier alpha value is -1.02. The van der Waals surface area contributed by atoms with E-state index in [1.165, 1.54) is 4.90 Å². The van der Waals surface area contributed by atoms with Gasteiger partial charge in [0.15, 0.2) is 6.61 Å². The highest BCUT2D eigenvalue weighted by Crippen LogP contribution is 2.16. The van der Waals surface area contributed by atoms with E-state index < -0.39 is 24.5 Å². The molecule has 1 saturated heterocycles. The van der Waals surface area contributed by atoms with Gasteiger partial charge in [-0.25, -0.2) is 4.79 Å². The maximum atomic E-state index is 11.9. The fourth-order valence-corrected chi connectivity index (χ4v) is 1.87. The second kappa shape index (κ2) is 5.96. The summed E-state index contributed by atoms with van der Waals surface area (Å²) in [5, 5.41) is 9.65. The van der Waals surface area contributed by atoms with Crippen molar-refractivity contribution in [1.82, 2.24) is 9.80 Å². The summed E-state index contributed by atoms with van der Waals surface area (Å²) in [5.74, 6) is 0. The molecule has 1 N–H and O–H groups in total. The Bertz CT molecular complexity index is 307. The van der Waals surface area contributed by atoms with Gasteiger partial charge in [-0.3, -0.25) is 4.90 Å². The van der Waals surface area contributed by atoms with Crippen LogP contribution in [0, 0.1) is 0 Å². The second-order valence-electron chi connectivity index (χ2n) is 5.25. The third-order valence-corrected chi connectivity index (χ3v) is 2.60. The molecule has 19 heavy (non-hydrogen) atoms. The van der Waals surface area contributed by atoms with Gasteiger partial charge in [0.05, 0.1) is 5.60 Å². The molecule has 1 amide bonds. The van der Waals surface area contributed by atoms with Gasteiger partial charge in [0.1, 0.15) is 0 Å². The van der Waals surface area contributed by atoms with E-state index in [1.807, 2.05) is 4.90 Å². The lowest BCUT2D eigenvalue weighted by atomic mass is 10.1. The lowest BCUT2D eigenvalue weighted by molar-refractivity contribution is -0.162. The Labute approximate surface area is 109 Å². The summed E-state index contributed by atoms with van der Waals surface area (Å²) in [7, 11) is 0. The molecule has 1 rings (SSSR count). The molecule has 8 heteroatoms. The van der Waals surface area contributed by atoms with Crippen molar-refractivity contribution in [3.63, 3.8) is 0 Å². The van der Waals surface area contributed by atoms with Gasteiger partial charge in [0.25, 0.3) is 0 Å². The Kier molecular flexibility index (Phi) is 5.03. The Balaban J connectivity index is 2.31. The topological polar surface area (TPSA) is 53.0 Å². The molecular formula is C11H19F3N2O3. The number of nitrogens with zero attached hydrogens (tertiary/aromatic N) is 2. The molecule has 1 aliphatic heterocycles. The highest BCUT2D eigenvalue weighted by molar-refractivity contribution is 5.67. The fourth-order valence-electron chi connectivity index (χ4n) is 1.87. The van der Waals surface area contributed by atoms with Gasteiger partial charge in [-0.15, -0.1) is 0 Å². The van der Waals surface area contributed by atoms with Crippen LogP contribution in [0.2, 0.25) is 0 Å². The minimum Gasteiger partial charge on any atom is -0.440 e. The van der Waals surface area contributed by atoms with E-state index in [-0.39, 0.29) is 0 Å². The third kappa shape index (κ3) is 6.63. The van der Waals surface area contributed by atoms with E-state index >= 15 is 0 Å². The van der Waals surface area contributed by atoms with Crippen molar-refractivity contribution in [2.24, 2.45) is 0 Å². The molecule has 1 fully saturated rings. The summed E-state index contributed by atoms with van der Waals surface area (Å²) in [6, 6.07) is 0. The van der Waals surface area contributed by atoms with Crippen molar-refractivity contribution in [3.8, 4) is 0 Å². The Morgan fingerprint density at radius 1 is 1.21 bits per heavy atom. The molecule has 0 aromatic rings. The smallest absolute Gasteiger partial charge is 0.422 e. The van der Waals surface area contributed by atoms with Gasteiger partial charge >= 0.3 is 12.3 Å². The van der Waals surface area contributed by atoms with Crippen LogP contribution in [0.15, 0.2) is 0 Å². The molecular weight excluding hydrogens is 265 g/mol. The van der Waals surface area contributed by atoms with Gasteiger partial charge in [-0.05, 0) is 13.8 Å². The first-order valence-electron chi connectivity index (χ1n) is 6.00. The summed E-state index contributed by atoms with van der Waals surface area (Å²) >= 11 is 0. The number of rotatable bonds is 3. The molecule has 0 atom stereocenters. The number of aliphatic hydroxyl groups is 1. The first-order chi connectivity index (χ1) is 8.57. The van der Waals surface area contributed by atoms with Crippen molar-refractivity contribution in [2.75, 3.05) is 39.3 Å². The van der Waals surface area contributed by atoms with Crippen molar-refractivity contribution in [2.45, 2.75) is 25.6 Å². The molecule has 1 aliphatic rings.